The molecule has 2 N–H and O–H groups in total. The molecule has 3 aromatic rings. The standard InChI is InChI=1S/C21H18N2O3S/c24-20(25)14-27-13-19(16-7-2-1-3-8-16)22-23-21(26)18-11-10-15-6-4-5-9-17(15)12-18/h1-12H,13-14H2,(H,23,26)(H,24,25). The zero-order chi connectivity index (χ0) is 19.1. The van der Waals surface area contributed by atoms with Gasteiger partial charge in [-0.05, 0) is 28.5 Å². The summed E-state index contributed by atoms with van der Waals surface area (Å²) in [6.07, 6.45) is 0. The van der Waals surface area contributed by atoms with Crippen LogP contribution in [0.5, 0.6) is 0 Å². The molecule has 0 aliphatic heterocycles. The minimum Gasteiger partial charge on any atom is -0.481 e. The van der Waals surface area contributed by atoms with Crippen LogP contribution in [-0.2, 0) is 4.79 Å². The SMILES string of the molecule is O=C(O)CSCC(=NNC(=O)c1ccc2ccccc2c1)c1ccccc1. The largest absolute Gasteiger partial charge is 0.481 e. The van der Waals surface area contributed by atoms with Crippen molar-refractivity contribution in [1.82, 2.24) is 5.43 Å². The van der Waals surface area contributed by atoms with Gasteiger partial charge in [0.05, 0.1) is 11.5 Å². The lowest BCUT2D eigenvalue weighted by atomic mass is 10.1. The van der Waals surface area contributed by atoms with E-state index in [9.17, 15) is 9.59 Å². The van der Waals surface area contributed by atoms with Crippen molar-refractivity contribution >= 4 is 40.1 Å². The first-order chi connectivity index (χ1) is 13.1. The van der Waals surface area contributed by atoms with Crippen molar-refractivity contribution < 1.29 is 14.7 Å². The lowest BCUT2D eigenvalue weighted by Crippen LogP contribution is -2.21. The summed E-state index contributed by atoms with van der Waals surface area (Å²) in [5, 5.41) is 15.1. The van der Waals surface area contributed by atoms with Crippen LogP contribution >= 0.6 is 11.8 Å². The maximum Gasteiger partial charge on any atom is 0.313 e. The second-order valence-electron chi connectivity index (χ2n) is 5.81. The van der Waals surface area contributed by atoms with Gasteiger partial charge >= 0.3 is 5.97 Å². The molecule has 0 atom stereocenters. The third-order valence-electron chi connectivity index (χ3n) is 3.88. The molecule has 136 valence electrons. The van der Waals surface area contributed by atoms with Gasteiger partial charge in [-0.2, -0.15) is 5.10 Å². The van der Waals surface area contributed by atoms with Crippen molar-refractivity contribution in [2.24, 2.45) is 5.10 Å². The van der Waals surface area contributed by atoms with Crippen molar-refractivity contribution in [2.75, 3.05) is 11.5 Å². The summed E-state index contributed by atoms with van der Waals surface area (Å²) >= 11 is 1.23. The Hall–Kier alpha value is -3.12. The van der Waals surface area contributed by atoms with Crippen molar-refractivity contribution in [3.63, 3.8) is 0 Å². The van der Waals surface area contributed by atoms with Crippen molar-refractivity contribution in [3.8, 4) is 0 Å². The molecule has 6 heteroatoms. The molecule has 0 aliphatic carbocycles. The van der Waals surface area contributed by atoms with Gasteiger partial charge in [-0.3, -0.25) is 9.59 Å². The van der Waals surface area contributed by atoms with Crippen LogP contribution in [0.25, 0.3) is 10.8 Å². The number of carboxylic acids is 1. The molecule has 0 heterocycles. The van der Waals surface area contributed by atoms with Gasteiger partial charge in [0.25, 0.3) is 5.91 Å². The average Bonchev–Trinajstić information content (AvgIpc) is 2.70. The number of carbonyl (C=O) groups is 2. The van der Waals surface area contributed by atoms with Crippen LogP contribution < -0.4 is 5.43 Å². The molecule has 0 aromatic heterocycles. The first-order valence-corrected chi connectivity index (χ1v) is 9.49. The van der Waals surface area contributed by atoms with Crippen LogP contribution in [0.3, 0.4) is 0 Å². The minimum absolute atomic E-state index is 0.0233. The number of hydrazone groups is 1. The van der Waals surface area contributed by atoms with Gasteiger partial charge in [0.2, 0.25) is 0 Å². The number of amides is 1. The van der Waals surface area contributed by atoms with Crippen LogP contribution in [0.2, 0.25) is 0 Å². The predicted octanol–water partition coefficient (Wildman–Crippen LogP) is 3.79. The smallest absolute Gasteiger partial charge is 0.313 e. The molecule has 0 unspecified atom stereocenters. The third kappa shape index (κ3) is 5.18. The van der Waals surface area contributed by atoms with E-state index < -0.39 is 5.97 Å². The highest BCUT2D eigenvalue weighted by Gasteiger charge is 2.09. The van der Waals surface area contributed by atoms with Gasteiger partial charge in [-0.1, -0.05) is 60.7 Å². The number of hydrogen-bond acceptors (Lipinski definition) is 4. The highest BCUT2D eigenvalue weighted by atomic mass is 32.2. The normalized spacial score (nSPS) is 11.3. The van der Waals surface area contributed by atoms with Gasteiger partial charge in [0, 0.05) is 11.3 Å². The zero-order valence-electron chi connectivity index (χ0n) is 14.5. The maximum absolute atomic E-state index is 12.5. The summed E-state index contributed by atoms with van der Waals surface area (Å²) in [7, 11) is 0. The molecule has 0 aliphatic rings. The zero-order valence-corrected chi connectivity index (χ0v) is 15.3. The number of carbonyl (C=O) groups excluding carboxylic acids is 1. The number of thioether (sulfide) groups is 1. The number of aliphatic carboxylic acids is 1. The number of nitrogens with zero attached hydrogens (tertiary/aromatic N) is 1. The Bertz CT molecular complexity index is 987. The van der Waals surface area contributed by atoms with Crippen molar-refractivity contribution in [2.45, 2.75) is 0 Å². The molecule has 1 amide bonds. The highest BCUT2D eigenvalue weighted by Crippen LogP contribution is 2.15. The summed E-state index contributed by atoms with van der Waals surface area (Å²) in [4.78, 5) is 23.2. The fraction of sp³-hybridized carbons (Fsp3) is 0.0952. The van der Waals surface area contributed by atoms with E-state index in [1.54, 1.807) is 6.07 Å². The minimum atomic E-state index is -0.882. The highest BCUT2D eigenvalue weighted by molar-refractivity contribution is 8.00. The summed E-state index contributed by atoms with van der Waals surface area (Å²) in [5.74, 6) is -0.830. The molecule has 0 radical (unpaired) electrons. The topological polar surface area (TPSA) is 78.8 Å². The number of carboxylic acid groups (broad SMARTS) is 1. The van der Waals surface area contributed by atoms with E-state index in [-0.39, 0.29) is 11.7 Å². The number of fused-ring (bicyclic) bond motifs is 1. The van der Waals surface area contributed by atoms with Crippen LogP contribution in [0.1, 0.15) is 15.9 Å². The number of hydrogen-bond donors (Lipinski definition) is 2. The number of nitrogens with one attached hydrogen (secondary N) is 1. The van der Waals surface area contributed by atoms with E-state index in [1.807, 2.05) is 66.7 Å². The maximum atomic E-state index is 12.5. The molecule has 0 bridgehead atoms. The summed E-state index contributed by atoms with van der Waals surface area (Å²) in [6, 6.07) is 22.7. The number of rotatable bonds is 7. The first kappa shape index (κ1) is 18.7. The predicted molar refractivity (Wildman–Crippen MR) is 109 cm³/mol. The Labute approximate surface area is 161 Å². The van der Waals surface area contributed by atoms with Crippen molar-refractivity contribution in [1.29, 1.82) is 0 Å². The van der Waals surface area contributed by atoms with E-state index >= 15 is 0 Å². The Balaban J connectivity index is 1.77. The molecule has 0 saturated heterocycles. The molecule has 3 aromatic carbocycles. The fourth-order valence-corrected chi connectivity index (χ4v) is 3.26. The molecule has 0 fully saturated rings. The molecule has 3 rings (SSSR count). The second kappa shape index (κ2) is 9.00. The summed E-state index contributed by atoms with van der Waals surface area (Å²) < 4.78 is 0. The number of benzene rings is 3. The van der Waals surface area contributed by atoms with E-state index in [0.717, 1.165) is 16.3 Å². The molecule has 0 spiro atoms. The average molecular weight is 378 g/mol. The second-order valence-corrected chi connectivity index (χ2v) is 6.80. The Morgan fingerprint density at radius 2 is 1.56 bits per heavy atom. The fourth-order valence-electron chi connectivity index (χ4n) is 2.56. The van der Waals surface area contributed by atoms with E-state index in [0.29, 0.717) is 17.0 Å². The van der Waals surface area contributed by atoms with Crippen LogP contribution in [0.4, 0.5) is 0 Å². The van der Waals surface area contributed by atoms with Gasteiger partial charge < -0.3 is 5.11 Å². The van der Waals surface area contributed by atoms with E-state index in [4.69, 9.17) is 5.11 Å². The van der Waals surface area contributed by atoms with E-state index in [2.05, 4.69) is 10.5 Å². The van der Waals surface area contributed by atoms with Crippen molar-refractivity contribution in [3.05, 3.63) is 83.9 Å². The van der Waals surface area contributed by atoms with E-state index in [1.165, 1.54) is 11.8 Å². The lowest BCUT2D eigenvalue weighted by molar-refractivity contribution is -0.133. The molecule has 5 nitrogen and oxygen atoms in total. The monoisotopic (exact) mass is 378 g/mol. The van der Waals surface area contributed by atoms with Crippen LogP contribution in [0.15, 0.2) is 77.9 Å². The summed E-state index contributed by atoms with van der Waals surface area (Å²) in [6.45, 7) is 0. The van der Waals surface area contributed by atoms with Gasteiger partial charge in [-0.15, -0.1) is 11.8 Å². The molecule has 0 saturated carbocycles. The quantitative estimate of drug-likeness (QED) is 0.484. The van der Waals surface area contributed by atoms with Crippen LogP contribution in [-0.4, -0.2) is 34.2 Å². The molecular formula is C21H18N2O3S. The summed E-state index contributed by atoms with van der Waals surface area (Å²) in [5.41, 5.74) is 4.57. The Morgan fingerprint density at radius 1 is 0.852 bits per heavy atom. The van der Waals surface area contributed by atoms with Gasteiger partial charge in [-0.25, -0.2) is 5.43 Å². The van der Waals surface area contributed by atoms with Gasteiger partial charge in [0.1, 0.15) is 0 Å². The molecule has 27 heavy (non-hydrogen) atoms. The van der Waals surface area contributed by atoms with Crippen LogP contribution in [0, 0.1) is 0 Å². The molecular weight excluding hydrogens is 360 g/mol. The lowest BCUT2D eigenvalue weighted by Gasteiger charge is -2.07. The third-order valence-corrected chi connectivity index (χ3v) is 4.80. The Morgan fingerprint density at radius 3 is 2.30 bits per heavy atom. The Kier molecular flexibility index (Phi) is 6.22. The first-order valence-electron chi connectivity index (χ1n) is 8.34. The van der Waals surface area contributed by atoms with Gasteiger partial charge in [0.15, 0.2) is 0 Å².